The van der Waals surface area contributed by atoms with Gasteiger partial charge in [-0.2, -0.15) is 8.78 Å². The highest BCUT2D eigenvalue weighted by Crippen LogP contribution is 2.32. The van der Waals surface area contributed by atoms with E-state index in [4.69, 9.17) is 0 Å². The largest absolute Gasteiger partial charge is 0.435 e. The number of hydrogen-bond acceptors (Lipinski definition) is 4. The average Bonchev–Trinajstić information content (AvgIpc) is 3.09. The molecule has 2 amide bonds. The van der Waals surface area contributed by atoms with Crippen LogP contribution in [-0.2, 0) is 18.4 Å². The van der Waals surface area contributed by atoms with Crippen molar-refractivity contribution in [2.45, 2.75) is 64.6 Å². The summed E-state index contributed by atoms with van der Waals surface area (Å²) in [5.74, 6) is 0.150. The number of aryl methyl sites for hydroxylation is 1. The molecule has 0 spiro atoms. The Bertz CT molecular complexity index is 833. The number of rotatable bonds is 5. The van der Waals surface area contributed by atoms with Crippen LogP contribution in [0.1, 0.15) is 61.5 Å². The quantitative estimate of drug-likeness (QED) is 0.737. The Hall–Kier alpha value is -2.22. The van der Waals surface area contributed by atoms with Crippen molar-refractivity contribution in [1.82, 2.24) is 15.6 Å². The molecule has 0 bridgehead atoms. The fourth-order valence-corrected chi connectivity index (χ4v) is 4.14. The molecular formula is C20H25F2N3O2S. The maximum Gasteiger partial charge on any atom is 0.387 e. The van der Waals surface area contributed by atoms with Gasteiger partial charge in [0.15, 0.2) is 0 Å². The molecule has 2 aromatic rings. The second kappa shape index (κ2) is 8.43. The van der Waals surface area contributed by atoms with E-state index in [2.05, 4.69) is 41.1 Å². The third-order valence-corrected chi connectivity index (χ3v) is 5.90. The zero-order valence-corrected chi connectivity index (χ0v) is 17.0. The second-order valence-electron chi connectivity index (χ2n) is 7.90. The Kier molecular flexibility index (Phi) is 6.17. The minimum absolute atomic E-state index is 0.0100. The Labute approximate surface area is 167 Å². The van der Waals surface area contributed by atoms with Crippen LogP contribution in [0.2, 0.25) is 0 Å². The Morgan fingerprint density at radius 1 is 1.39 bits per heavy atom. The molecule has 0 fully saturated rings. The van der Waals surface area contributed by atoms with E-state index in [1.807, 2.05) is 5.38 Å². The molecule has 5 nitrogen and oxygen atoms in total. The molecule has 0 radical (unpaired) electrons. The highest BCUT2D eigenvalue weighted by atomic mass is 32.1. The van der Waals surface area contributed by atoms with Gasteiger partial charge < -0.3 is 15.4 Å². The fourth-order valence-electron chi connectivity index (χ4n) is 3.23. The zero-order valence-electron chi connectivity index (χ0n) is 16.2. The summed E-state index contributed by atoms with van der Waals surface area (Å²) in [5, 5.41) is 8.82. The summed E-state index contributed by atoms with van der Waals surface area (Å²) in [6, 6.07) is 4.50. The number of fused-ring (bicyclic) bond motifs is 1. The molecule has 2 N–H and O–H groups in total. The lowest BCUT2D eigenvalue weighted by Crippen LogP contribution is -2.38. The third kappa shape index (κ3) is 5.19. The lowest BCUT2D eigenvalue weighted by molar-refractivity contribution is -0.0499. The predicted octanol–water partition coefficient (Wildman–Crippen LogP) is 4.92. The SMILES string of the molecule is CC(C)(C)c1nc(CNC(=O)NC2CCCc3cc(OC(F)F)ccc32)cs1. The van der Waals surface area contributed by atoms with Crippen LogP contribution in [0.25, 0.3) is 0 Å². The van der Waals surface area contributed by atoms with E-state index >= 15 is 0 Å². The topological polar surface area (TPSA) is 63.2 Å². The number of ether oxygens (including phenoxy) is 1. The monoisotopic (exact) mass is 409 g/mol. The summed E-state index contributed by atoms with van der Waals surface area (Å²) >= 11 is 1.59. The van der Waals surface area contributed by atoms with Crippen molar-refractivity contribution >= 4 is 17.4 Å². The van der Waals surface area contributed by atoms with Crippen LogP contribution in [0.3, 0.4) is 0 Å². The number of aromatic nitrogens is 1. The number of carbonyl (C=O) groups is 1. The highest BCUT2D eigenvalue weighted by molar-refractivity contribution is 7.09. The predicted molar refractivity (Wildman–Crippen MR) is 105 cm³/mol. The average molecular weight is 410 g/mol. The van der Waals surface area contributed by atoms with Crippen molar-refractivity contribution in [3.63, 3.8) is 0 Å². The van der Waals surface area contributed by atoms with Crippen LogP contribution in [0.5, 0.6) is 5.75 Å². The molecule has 1 aliphatic rings. The van der Waals surface area contributed by atoms with Gasteiger partial charge in [-0.3, -0.25) is 0 Å². The third-order valence-electron chi connectivity index (χ3n) is 4.58. The highest BCUT2D eigenvalue weighted by Gasteiger charge is 2.23. The lowest BCUT2D eigenvalue weighted by Gasteiger charge is -2.27. The molecule has 3 rings (SSSR count). The summed E-state index contributed by atoms with van der Waals surface area (Å²) in [7, 11) is 0. The van der Waals surface area contributed by atoms with E-state index in [1.165, 1.54) is 6.07 Å². The van der Waals surface area contributed by atoms with E-state index in [9.17, 15) is 13.6 Å². The summed E-state index contributed by atoms with van der Waals surface area (Å²) in [4.78, 5) is 16.9. The summed E-state index contributed by atoms with van der Waals surface area (Å²) in [6.07, 6.45) is 2.46. The van der Waals surface area contributed by atoms with Gasteiger partial charge in [0.1, 0.15) is 5.75 Å². The first-order valence-electron chi connectivity index (χ1n) is 9.29. The number of amides is 2. The van der Waals surface area contributed by atoms with Crippen LogP contribution in [0, 0.1) is 0 Å². The van der Waals surface area contributed by atoms with Gasteiger partial charge in [-0.15, -0.1) is 11.3 Å². The number of benzene rings is 1. The van der Waals surface area contributed by atoms with Crippen LogP contribution >= 0.6 is 11.3 Å². The van der Waals surface area contributed by atoms with Crippen molar-refractivity contribution in [2.75, 3.05) is 0 Å². The Morgan fingerprint density at radius 2 is 2.18 bits per heavy atom. The van der Waals surface area contributed by atoms with Crippen molar-refractivity contribution in [1.29, 1.82) is 0 Å². The second-order valence-corrected chi connectivity index (χ2v) is 8.76. The van der Waals surface area contributed by atoms with Crippen LogP contribution in [0.15, 0.2) is 23.6 Å². The summed E-state index contributed by atoms with van der Waals surface area (Å²) < 4.78 is 29.3. The standard InChI is InChI=1S/C20H25F2N3O2S/c1-20(2,3)17-24-13(11-28-17)10-23-19(26)25-16-6-4-5-12-9-14(27-18(21)22)7-8-15(12)16/h7-9,11,16,18H,4-6,10H2,1-3H3,(H2,23,25,26). The molecule has 0 saturated carbocycles. The van der Waals surface area contributed by atoms with Crippen LogP contribution in [-0.4, -0.2) is 17.6 Å². The molecule has 1 heterocycles. The van der Waals surface area contributed by atoms with Crippen molar-refractivity contribution < 1.29 is 18.3 Å². The van der Waals surface area contributed by atoms with Gasteiger partial charge in [0.25, 0.3) is 0 Å². The van der Waals surface area contributed by atoms with E-state index in [-0.39, 0.29) is 23.2 Å². The normalized spacial score (nSPS) is 16.6. The lowest BCUT2D eigenvalue weighted by atomic mass is 9.87. The molecule has 28 heavy (non-hydrogen) atoms. The van der Waals surface area contributed by atoms with Gasteiger partial charge in [0.05, 0.1) is 23.3 Å². The minimum Gasteiger partial charge on any atom is -0.435 e. The molecule has 0 aliphatic heterocycles. The van der Waals surface area contributed by atoms with Crippen molar-refractivity contribution in [3.8, 4) is 5.75 Å². The molecule has 1 aliphatic carbocycles. The van der Waals surface area contributed by atoms with Crippen LogP contribution in [0.4, 0.5) is 13.6 Å². The zero-order chi connectivity index (χ0) is 20.3. The molecule has 152 valence electrons. The van der Waals surface area contributed by atoms with Gasteiger partial charge in [-0.05, 0) is 42.5 Å². The first-order valence-corrected chi connectivity index (χ1v) is 10.2. The van der Waals surface area contributed by atoms with E-state index in [1.54, 1.807) is 23.5 Å². The molecule has 1 unspecified atom stereocenters. The minimum atomic E-state index is -2.84. The molecular weight excluding hydrogens is 384 g/mol. The van der Waals surface area contributed by atoms with Gasteiger partial charge in [-0.1, -0.05) is 26.8 Å². The van der Waals surface area contributed by atoms with Gasteiger partial charge >= 0.3 is 12.6 Å². The van der Waals surface area contributed by atoms with Crippen LogP contribution < -0.4 is 15.4 Å². The Balaban J connectivity index is 1.58. The number of nitrogens with one attached hydrogen (secondary N) is 2. The maximum absolute atomic E-state index is 12.4. The number of nitrogens with zero attached hydrogens (tertiary/aromatic N) is 1. The van der Waals surface area contributed by atoms with E-state index in [0.29, 0.717) is 6.54 Å². The summed E-state index contributed by atoms with van der Waals surface area (Å²) in [6.45, 7) is 3.83. The molecule has 0 saturated heterocycles. The Morgan fingerprint density at radius 3 is 2.86 bits per heavy atom. The summed E-state index contributed by atoms with van der Waals surface area (Å²) in [5.41, 5.74) is 2.71. The molecule has 1 atom stereocenters. The van der Waals surface area contributed by atoms with Gasteiger partial charge in [0, 0.05) is 10.8 Å². The number of hydrogen-bond donors (Lipinski definition) is 2. The number of alkyl halides is 2. The van der Waals surface area contributed by atoms with Crippen molar-refractivity contribution in [3.05, 3.63) is 45.4 Å². The number of urea groups is 1. The number of thiazole rings is 1. The molecule has 1 aromatic carbocycles. The van der Waals surface area contributed by atoms with Crippen molar-refractivity contribution in [2.24, 2.45) is 0 Å². The maximum atomic E-state index is 12.4. The van der Waals surface area contributed by atoms with E-state index in [0.717, 1.165) is 41.1 Å². The fraction of sp³-hybridized carbons (Fsp3) is 0.500. The number of carbonyl (C=O) groups excluding carboxylic acids is 1. The number of halogens is 2. The van der Waals surface area contributed by atoms with Gasteiger partial charge in [-0.25, -0.2) is 9.78 Å². The first-order chi connectivity index (χ1) is 13.2. The van der Waals surface area contributed by atoms with E-state index < -0.39 is 6.61 Å². The molecule has 1 aromatic heterocycles. The van der Waals surface area contributed by atoms with Gasteiger partial charge in [0.2, 0.25) is 0 Å². The first kappa shape index (κ1) is 20.5. The molecule has 8 heteroatoms. The smallest absolute Gasteiger partial charge is 0.387 e.